The van der Waals surface area contributed by atoms with Crippen LogP contribution >= 0.6 is 0 Å². The molecule has 1 fully saturated rings. The summed E-state index contributed by atoms with van der Waals surface area (Å²) in [5.74, 6) is 1.49. The van der Waals surface area contributed by atoms with Crippen LogP contribution in [0.5, 0.6) is 0 Å². The predicted molar refractivity (Wildman–Crippen MR) is 121 cm³/mol. The Balaban J connectivity index is 1.44. The van der Waals surface area contributed by atoms with Gasteiger partial charge in [-0.2, -0.15) is 0 Å². The van der Waals surface area contributed by atoms with Gasteiger partial charge in [0.2, 0.25) is 5.89 Å². The largest absolute Gasteiger partial charge is 0.441 e. The van der Waals surface area contributed by atoms with E-state index in [0.717, 1.165) is 60.6 Å². The molecule has 7 heteroatoms. The lowest BCUT2D eigenvalue weighted by Gasteiger charge is -2.14. The number of benzene rings is 2. The van der Waals surface area contributed by atoms with Crippen molar-refractivity contribution in [2.24, 2.45) is 0 Å². The van der Waals surface area contributed by atoms with Crippen molar-refractivity contribution >= 4 is 9.84 Å². The molecule has 2 aromatic carbocycles. The Kier molecular flexibility index (Phi) is 6.27. The third kappa shape index (κ3) is 5.06. The van der Waals surface area contributed by atoms with Crippen LogP contribution in [-0.2, 0) is 21.0 Å². The van der Waals surface area contributed by atoms with E-state index < -0.39 is 9.84 Å². The van der Waals surface area contributed by atoms with Crippen molar-refractivity contribution in [1.29, 1.82) is 0 Å². The van der Waals surface area contributed by atoms with E-state index in [-0.39, 0.29) is 0 Å². The smallest absolute Gasteiger partial charge is 0.226 e. The Bertz CT molecular complexity index is 1140. The van der Waals surface area contributed by atoms with E-state index in [0.29, 0.717) is 16.9 Å². The fourth-order valence-electron chi connectivity index (χ4n) is 3.94. The Morgan fingerprint density at radius 2 is 1.68 bits per heavy atom. The van der Waals surface area contributed by atoms with Crippen LogP contribution in [0.25, 0.3) is 22.6 Å². The Morgan fingerprint density at radius 1 is 1.06 bits per heavy atom. The maximum Gasteiger partial charge on any atom is 0.226 e. The molecule has 0 unspecified atom stereocenters. The molecule has 3 aromatic rings. The summed E-state index contributed by atoms with van der Waals surface area (Å²) in [6.07, 6.45) is 3.50. The van der Waals surface area contributed by atoms with Crippen LogP contribution in [0.15, 0.2) is 57.8 Å². The first kappa shape index (κ1) is 21.7. The van der Waals surface area contributed by atoms with Gasteiger partial charge in [0.1, 0.15) is 5.76 Å². The molecule has 0 spiro atoms. The van der Waals surface area contributed by atoms with Gasteiger partial charge < -0.3 is 14.1 Å². The van der Waals surface area contributed by atoms with E-state index in [1.54, 1.807) is 19.2 Å². The summed E-state index contributed by atoms with van der Waals surface area (Å²) in [7, 11) is -1.41. The van der Waals surface area contributed by atoms with Crippen LogP contribution in [-0.4, -0.2) is 57.4 Å². The number of hydrogen-bond donors (Lipinski definition) is 0. The zero-order valence-electron chi connectivity index (χ0n) is 18.2. The van der Waals surface area contributed by atoms with Crippen molar-refractivity contribution in [3.8, 4) is 22.6 Å². The molecule has 0 aliphatic carbocycles. The average Bonchev–Trinajstić information content (AvgIpc) is 3.38. The fourth-order valence-corrected chi connectivity index (χ4v) is 4.57. The molecule has 1 saturated heterocycles. The first-order valence-corrected chi connectivity index (χ1v) is 12.3. The summed E-state index contributed by atoms with van der Waals surface area (Å²) in [5, 5.41) is 0. The van der Waals surface area contributed by atoms with Gasteiger partial charge in [0, 0.05) is 45.0 Å². The summed E-state index contributed by atoms with van der Waals surface area (Å²) >= 11 is 0. The SMILES string of the molecule is CO[C@@H]1CCN(CCc2nc(-c3ccc(-c4ccc(S(C)(=O)=O)cc4)cc3)oc2C)C1. The van der Waals surface area contributed by atoms with E-state index in [1.807, 2.05) is 43.3 Å². The zero-order valence-corrected chi connectivity index (χ0v) is 19.0. The summed E-state index contributed by atoms with van der Waals surface area (Å²) < 4.78 is 34.6. The molecule has 6 nitrogen and oxygen atoms in total. The number of ether oxygens (including phenoxy) is 1. The van der Waals surface area contributed by atoms with Crippen molar-refractivity contribution < 1.29 is 17.6 Å². The molecule has 4 rings (SSSR count). The second kappa shape index (κ2) is 8.94. The third-order valence-electron chi connectivity index (χ3n) is 5.87. The first-order valence-electron chi connectivity index (χ1n) is 10.5. The monoisotopic (exact) mass is 440 g/mol. The highest BCUT2D eigenvalue weighted by molar-refractivity contribution is 7.90. The number of nitrogens with zero attached hydrogens (tertiary/aromatic N) is 2. The number of hydrogen-bond acceptors (Lipinski definition) is 6. The second-order valence-corrected chi connectivity index (χ2v) is 10.1. The minimum atomic E-state index is -3.19. The fraction of sp³-hybridized carbons (Fsp3) is 0.375. The van der Waals surface area contributed by atoms with Crippen molar-refractivity contribution in [2.45, 2.75) is 30.8 Å². The first-order chi connectivity index (χ1) is 14.8. The predicted octanol–water partition coefficient (Wildman–Crippen LogP) is 3.98. The third-order valence-corrected chi connectivity index (χ3v) is 7.00. The van der Waals surface area contributed by atoms with Crippen LogP contribution in [0.1, 0.15) is 17.9 Å². The molecule has 1 aliphatic heterocycles. The number of aryl methyl sites for hydroxylation is 1. The lowest BCUT2D eigenvalue weighted by molar-refractivity contribution is 0.108. The van der Waals surface area contributed by atoms with Gasteiger partial charge in [0.15, 0.2) is 9.84 Å². The molecule has 164 valence electrons. The molecule has 0 N–H and O–H groups in total. The number of sulfone groups is 1. The molecule has 0 amide bonds. The molecular weight excluding hydrogens is 412 g/mol. The minimum Gasteiger partial charge on any atom is -0.441 e. The van der Waals surface area contributed by atoms with E-state index in [9.17, 15) is 8.42 Å². The molecule has 1 aromatic heterocycles. The lowest BCUT2D eigenvalue weighted by Crippen LogP contribution is -2.25. The van der Waals surface area contributed by atoms with Crippen molar-refractivity contribution in [1.82, 2.24) is 9.88 Å². The van der Waals surface area contributed by atoms with E-state index >= 15 is 0 Å². The van der Waals surface area contributed by atoms with Crippen LogP contribution in [0.2, 0.25) is 0 Å². The quantitative estimate of drug-likeness (QED) is 0.553. The van der Waals surface area contributed by atoms with Gasteiger partial charge in [-0.05, 0) is 48.7 Å². The van der Waals surface area contributed by atoms with E-state index in [1.165, 1.54) is 6.26 Å². The molecule has 0 saturated carbocycles. The summed E-state index contributed by atoms with van der Waals surface area (Å²) in [6.45, 7) is 4.96. The summed E-state index contributed by atoms with van der Waals surface area (Å²) in [4.78, 5) is 7.46. The van der Waals surface area contributed by atoms with Gasteiger partial charge in [-0.1, -0.05) is 24.3 Å². The maximum atomic E-state index is 11.6. The molecule has 0 bridgehead atoms. The molecule has 0 radical (unpaired) electrons. The molecule has 1 aliphatic rings. The summed E-state index contributed by atoms with van der Waals surface area (Å²) in [5.41, 5.74) is 3.89. The van der Waals surface area contributed by atoms with Gasteiger partial charge in [0.05, 0.1) is 16.7 Å². The van der Waals surface area contributed by atoms with E-state index in [2.05, 4.69) is 4.90 Å². The number of methoxy groups -OCH3 is 1. The Hall–Kier alpha value is -2.48. The number of likely N-dealkylation sites (tertiary alicyclic amines) is 1. The molecule has 1 atom stereocenters. The molecule has 2 heterocycles. The van der Waals surface area contributed by atoms with Crippen molar-refractivity contribution in [3.63, 3.8) is 0 Å². The number of aromatic nitrogens is 1. The van der Waals surface area contributed by atoms with Crippen LogP contribution < -0.4 is 0 Å². The second-order valence-electron chi connectivity index (χ2n) is 8.09. The number of oxazole rings is 1. The van der Waals surface area contributed by atoms with Crippen LogP contribution in [0.4, 0.5) is 0 Å². The summed E-state index contributed by atoms with van der Waals surface area (Å²) in [6, 6.07) is 14.9. The van der Waals surface area contributed by atoms with Crippen LogP contribution in [0.3, 0.4) is 0 Å². The highest BCUT2D eigenvalue weighted by Gasteiger charge is 2.22. The topological polar surface area (TPSA) is 72.6 Å². The standard InChI is InChI=1S/C24H28N2O4S/c1-17-23(13-15-26-14-12-21(16-26)29-2)25-24(30-17)20-6-4-18(5-7-20)19-8-10-22(11-9-19)31(3,27)28/h4-11,21H,12-16H2,1-3H3/t21-/m1/s1. The highest BCUT2D eigenvalue weighted by atomic mass is 32.2. The maximum absolute atomic E-state index is 11.6. The normalized spacial score (nSPS) is 17.3. The Morgan fingerprint density at radius 3 is 2.26 bits per heavy atom. The van der Waals surface area contributed by atoms with Crippen LogP contribution in [0, 0.1) is 6.92 Å². The minimum absolute atomic E-state index is 0.322. The highest BCUT2D eigenvalue weighted by Crippen LogP contribution is 2.27. The van der Waals surface area contributed by atoms with Gasteiger partial charge in [-0.25, -0.2) is 13.4 Å². The lowest BCUT2D eigenvalue weighted by atomic mass is 10.0. The van der Waals surface area contributed by atoms with Gasteiger partial charge in [-0.15, -0.1) is 0 Å². The Labute approximate surface area is 183 Å². The average molecular weight is 441 g/mol. The molecule has 31 heavy (non-hydrogen) atoms. The van der Waals surface area contributed by atoms with Gasteiger partial charge in [-0.3, -0.25) is 0 Å². The van der Waals surface area contributed by atoms with Gasteiger partial charge >= 0.3 is 0 Å². The van der Waals surface area contributed by atoms with Crippen molar-refractivity contribution in [3.05, 3.63) is 60.0 Å². The van der Waals surface area contributed by atoms with Gasteiger partial charge in [0.25, 0.3) is 0 Å². The molecular formula is C24H28N2O4S. The van der Waals surface area contributed by atoms with E-state index in [4.69, 9.17) is 14.1 Å². The zero-order chi connectivity index (χ0) is 22.0. The van der Waals surface area contributed by atoms with Crippen molar-refractivity contribution in [2.75, 3.05) is 33.0 Å². The number of rotatable bonds is 7.